The Hall–Kier alpha value is -11.1. The Bertz CT molecular complexity index is 5480. The summed E-state index contributed by atoms with van der Waals surface area (Å²) in [5.41, 5.74) is 8.70. The number of halogens is 1. The van der Waals surface area contributed by atoms with Crippen molar-refractivity contribution in [3.8, 4) is 62.9 Å². The third-order valence-corrected chi connectivity index (χ3v) is 28.6. The molecule has 0 unspecified atom stereocenters. The first-order valence-electron chi connectivity index (χ1n) is 48.1. The van der Waals surface area contributed by atoms with Crippen LogP contribution in [0.2, 0.25) is 5.02 Å². The number of nitrogens with one attached hydrogen (secondary N) is 10. The van der Waals surface area contributed by atoms with Crippen molar-refractivity contribution in [3.05, 3.63) is 148 Å². The predicted molar refractivity (Wildman–Crippen MR) is 503 cm³/mol. The maximum atomic E-state index is 16.8. The second-order valence-corrected chi connectivity index (χ2v) is 40.0. The maximum absolute atomic E-state index is 16.8. The molecular weight excluding hydrogens is 1840 g/mol. The fourth-order valence-corrected chi connectivity index (χ4v) is 21.4. The number of nitrogens with two attached hydrogens (primary N) is 2. The average molecular weight is 1970 g/mol. The summed E-state index contributed by atoms with van der Waals surface area (Å²) in [4.78, 5) is 139. The molecule has 39 nitrogen and oxygen atoms in total. The zero-order valence-corrected chi connectivity index (χ0v) is 80.0. The van der Waals surface area contributed by atoms with E-state index in [1.165, 1.54) is 82.3 Å². The minimum atomic E-state index is -2.36. The van der Waals surface area contributed by atoms with Crippen molar-refractivity contribution in [2.24, 2.45) is 41.1 Å². The number of hydrogen-bond donors (Lipinski definition) is 21. The minimum Gasteiger partial charge on any atom is -0.508 e. The number of rotatable bonds is 29. The number of benzene rings is 6. The first-order chi connectivity index (χ1) is 66.7. The number of unbranched alkanes of at least 4 members (excludes halogenated alkanes) is 5. The van der Waals surface area contributed by atoms with E-state index < -0.39 is 246 Å². The topological polar surface area (TPSA) is 591 Å². The van der Waals surface area contributed by atoms with E-state index in [2.05, 4.69) is 60.1 Å². The van der Waals surface area contributed by atoms with Gasteiger partial charge in [-0.1, -0.05) is 101 Å². The number of phenolic OH excluding ortho intramolecular Hbond substituents is 3. The molecule has 0 spiro atoms. The number of amides is 9. The summed E-state index contributed by atoms with van der Waals surface area (Å²) >= 11 is 7.29. The zero-order valence-electron chi connectivity index (χ0n) is 79.2. The van der Waals surface area contributed by atoms with Crippen molar-refractivity contribution in [1.29, 1.82) is 0 Å². The number of hydrogen-bond acceptors (Lipinski definition) is 30. The van der Waals surface area contributed by atoms with E-state index in [1.807, 2.05) is 38.1 Å². The Labute approximate surface area is 814 Å². The molecule has 0 aromatic heterocycles. The molecule has 4 aliphatic carbocycles. The molecule has 7 fully saturated rings. The van der Waals surface area contributed by atoms with Gasteiger partial charge in [0, 0.05) is 48.2 Å². The van der Waals surface area contributed by atoms with Gasteiger partial charge in [0.1, 0.15) is 107 Å². The van der Waals surface area contributed by atoms with Gasteiger partial charge in [-0.05, 0) is 209 Å². The molecule has 3 saturated heterocycles. The molecule has 6 aromatic rings. The van der Waals surface area contributed by atoms with E-state index >= 15 is 28.8 Å². The highest BCUT2D eigenvalue weighted by Crippen LogP contribution is 2.55. The quantitative estimate of drug-likeness (QED) is 0.0267. The van der Waals surface area contributed by atoms with E-state index in [1.54, 1.807) is 13.8 Å². The van der Waals surface area contributed by atoms with E-state index in [4.69, 9.17) is 65.7 Å². The maximum Gasteiger partial charge on any atom is 0.248 e. The van der Waals surface area contributed by atoms with Crippen molar-refractivity contribution in [3.63, 3.8) is 0 Å². The van der Waals surface area contributed by atoms with Crippen LogP contribution >= 0.6 is 11.6 Å². The monoisotopic (exact) mass is 1960 g/mol. The second kappa shape index (κ2) is 44.2. The summed E-state index contributed by atoms with van der Waals surface area (Å²) in [6, 6.07) is 10.0. The summed E-state index contributed by atoms with van der Waals surface area (Å²) in [7, 11) is 1.49. The van der Waals surface area contributed by atoms with E-state index in [0.29, 0.717) is 24.2 Å². The third kappa shape index (κ3) is 23.4. The Morgan fingerprint density at radius 2 is 1.29 bits per heavy atom. The number of carbonyl (C=O) groups is 9. The van der Waals surface area contributed by atoms with Crippen molar-refractivity contribution in [2.75, 3.05) is 26.8 Å². The van der Waals surface area contributed by atoms with Crippen LogP contribution in [-0.4, -0.2) is 235 Å². The van der Waals surface area contributed by atoms with E-state index in [-0.39, 0.29) is 100 Å². The molecule has 22 atom stereocenters. The number of primary amides is 1. The predicted octanol–water partition coefficient (Wildman–Crippen LogP) is 5.23. The van der Waals surface area contributed by atoms with Gasteiger partial charge in [0.25, 0.3) is 0 Å². The SMILES string of the molecule is CCCCCCCCOc1ccc(CNCC(=O)N[C@@]2(C)C[C@H](O[C@H]3[C@H](Oc4c5cc6cc4Oc4ccc(cc4Cl)[C@@H](O)[C@@H](NC(=O)[C@@H](CC(C)C)NC)C(=O)N[C@@H](CC(N)=O)C(=O)N[C@H]6C(=O)N[C@H]4C(=O)N[C@H](C(=O)N[C@H](C(=O)NC6C7CC8CC(C7)CC6C8)c6cc(O)cc(O)c6-c6cc4ccc6O)[C@H](O[C@H]4C[C@](C)(N)[C@@H](O)[C@H](C)O4)c4ccc(cc4)O5)O[C@H](CO)[C@@H](O)[C@@H]3O)O[C@@H](C)[C@@H]2O)cc1. The Morgan fingerprint density at radius 3 is 1.95 bits per heavy atom. The summed E-state index contributed by atoms with van der Waals surface area (Å²) in [5.74, 6) is -12.8. The van der Waals surface area contributed by atoms with Gasteiger partial charge in [-0.2, -0.15) is 0 Å². The van der Waals surface area contributed by atoms with Gasteiger partial charge in [-0.3, -0.25) is 43.2 Å². The van der Waals surface area contributed by atoms with Crippen molar-refractivity contribution < 1.29 is 132 Å². The normalized spacial score (nSPS) is 31.7. The second-order valence-electron chi connectivity index (χ2n) is 39.6. The van der Waals surface area contributed by atoms with Crippen LogP contribution in [-0.2, 0) is 73.4 Å². The smallest absolute Gasteiger partial charge is 0.248 e. The summed E-state index contributed by atoms with van der Waals surface area (Å²) in [5, 5.41) is 136. The van der Waals surface area contributed by atoms with Crippen molar-refractivity contribution in [2.45, 2.75) is 291 Å². The summed E-state index contributed by atoms with van der Waals surface area (Å²) in [6.45, 7) is 11.6. The standard InChI is InChI=1S/C100H129ClN12O27/c1-9-10-11-12-13-14-27-132-59-21-15-49(16-22-59)43-105-44-73(119)113-100(7)42-75(134-48(5)90(100)124)139-88-85(122)84(121)71(45-114)137-98(88)140-87-69-36-57-37-70(87)136-68-26-20-54(35-63(68)101)83(120)81(111-91(125)64(104-8)28-46(2)3)96(130)106-65(40-72(102)118)92(126)108-79(57)94(128)109-78-53-19-25-66(116)61(34-53)76-62(38-58(115)39-67(76)117)80(95(129)107-77-55-30-50-29-51(32-55)33-56(77)31-50)110-97(131)82(112-93(78)127)86(52-17-23-60(135-69)24-18-52)138-74-41-99(6,103)89(123)47(4)133-74/h15-26,34-39,46-48,50-51,55-56,64-65,71,74-75,77-86,88-90,98,104-105,114-117,120-124H,9-14,27-33,40-45,103H2,1-8H3,(H2,102,118)(H,106,130)(H,107,129)(H,108,126)(H,109,128)(H,110,131)(H,111,125)(H,112,127)(H,113,119)/t47-,48-,50?,51?,55?,56?,64+,65-,71+,74-,75-,77?,78+,79+,80-,81+,82-,83+,84+,85-,86+,88+,89-,90-,98-,99-,100-/m0/s1. The number of aliphatic hydroxyl groups excluding tert-OH is 6. The molecule has 6 aromatic carbocycles. The molecule has 0 radical (unpaired) electrons. The summed E-state index contributed by atoms with van der Waals surface area (Å²) in [6.07, 6.45) is -12.2. The number of likely N-dealkylation sites (N-methyl/N-ethyl adjacent to an activating group) is 1. The van der Waals surface area contributed by atoms with Crippen LogP contribution in [0.4, 0.5) is 0 Å². The Morgan fingerprint density at radius 1 is 0.643 bits per heavy atom. The number of ether oxygens (including phenoxy) is 9. The van der Waals surface area contributed by atoms with Gasteiger partial charge in [-0.15, -0.1) is 0 Å². The van der Waals surface area contributed by atoms with Crippen LogP contribution in [0.1, 0.15) is 208 Å². The lowest BCUT2D eigenvalue weighted by Gasteiger charge is -2.54. The van der Waals surface area contributed by atoms with Crippen LogP contribution in [0.25, 0.3) is 11.1 Å². The van der Waals surface area contributed by atoms with Crippen LogP contribution in [0.5, 0.6) is 51.7 Å². The molecule has 8 heterocycles. The number of aliphatic hydroxyl groups is 6. The lowest BCUT2D eigenvalue weighted by Crippen LogP contribution is -2.66. The average Bonchev–Trinajstić information content (AvgIpc) is 0.749. The van der Waals surface area contributed by atoms with Gasteiger partial charge < -0.3 is 153 Å². The molecule has 12 aliphatic rings. The number of fused-ring (bicyclic) bond motifs is 15. The van der Waals surface area contributed by atoms with Gasteiger partial charge in [0.05, 0.1) is 61.1 Å². The van der Waals surface area contributed by atoms with Crippen molar-refractivity contribution in [1.82, 2.24) is 53.2 Å². The fraction of sp³-hybridized carbons (Fsp3) is 0.550. The third-order valence-electron chi connectivity index (χ3n) is 28.3. The molecule has 40 heteroatoms. The van der Waals surface area contributed by atoms with Crippen molar-refractivity contribution >= 4 is 64.8 Å². The Balaban J connectivity index is 0.869. The van der Waals surface area contributed by atoms with E-state index in [9.17, 15) is 60.3 Å². The Kier molecular flexibility index (Phi) is 32.6. The first kappa shape index (κ1) is 103. The summed E-state index contributed by atoms with van der Waals surface area (Å²) < 4.78 is 59.5. The van der Waals surface area contributed by atoms with Crippen LogP contribution in [0.15, 0.2) is 109 Å². The van der Waals surface area contributed by atoms with Crippen LogP contribution < -0.4 is 83.6 Å². The van der Waals surface area contributed by atoms with Crippen LogP contribution in [0.3, 0.4) is 0 Å². The number of aromatic hydroxyl groups is 3. The van der Waals surface area contributed by atoms with Gasteiger partial charge >= 0.3 is 0 Å². The molecular formula is C100H129ClN12O27. The van der Waals surface area contributed by atoms with E-state index in [0.717, 1.165) is 99.7 Å². The highest BCUT2D eigenvalue weighted by Gasteiger charge is 2.55. The highest BCUT2D eigenvalue weighted by molar-refractivity contribution is 6.32. The molecule has 4 saturated carbocycles. The fourth-order valence-electron chi connectivity index (χ4n) is 21.2. The zero-order chi connectivity index (χ0) is 100. The molecule has 8 aliphatic heterocycles. The molecule has 140 heavy (non-hydrogen) atoms. The molecule has 9 amide bonds. The highest BCUT2D eigenvalue weighted by atomic mass is 35.5. The van der Waals surface area contributed by atoms with Gasteiger partial charge in [-0.25, -0.2) is 0 Å². The lowest BCUT2D eigenvalue weighted by molar-refractivity contribution is -0.334. The molecule has 15 bridgehead atoms. The van der Waals surface area contributed by atoms with Gasteiger partial charge in [0.15, 0.2) is 30.2 Å². The molecule has 18 rings (SSSR count). The number of carbonyl (C=O) groups excluding carboxylic acids is 9. The largest absolute Gasteiger partial charge is 0.508 e. The van der Waals surface area contributed by atoms with Gasteiger partial charge in [0.2, 0.25) is 65.2 Å². The minimum absolute atomic E-state index is 0.0164. The lowest BCUT2D eigenvalue weighted by atomic mass is 9.54. The molecule has 23 N–H and O–H groups in total. The molecule has 758 valence electrons. The van der Waals surface area contributed by atoms with Crippen LogP contribution in [0, 0.1) is 29.6 Å². The first-order valence-corrected chi connectivity index (χ1v) is 48.5. The number of phenols is 3.